The lowest BCUT2D eigenvalue weighted by atomic mass is 10.0. The fourth-order valence-electron chi connectivity index (χ4n) is 4.33. The number of carboxylic acid groups (broad SMARTS) is 1. The topological polar surface area (TPSA) is 75.6 Å². The standard InChI is InChI=1S/C32H26ClNO4S/c1-20-3-2-4-22(15-20)19-38-27-12-5-21(6-13-27)16-28(32(36)37)34-31(35)30-18-25-17-24(9-14-29(25)39-30)23-7-10-26(33)11-8-23/h2-15,17-18,28H,16,19H2,1H3,(H,34,35)(H,36,37)/t28-/m0/s1. The molecule has 0 spiro atoms. The number of hydrogen-bond donors (Lipinski definition) is 2. The number of fused-ring (bicyclic) bond motifs is 1. The van der Waals surface area contributed by atoms with Gasteiger partial charge in [-0.05, 0) is 77.0 Å². The Bertz CT molecular complexity index is 1630. The second-order valence-electron chi connectivity index (χ2n) is 9.36. The molecule has 1 amide bonds. The molecule has 4 aromatic carbocycles. The molecule has 39 heavy (non-hydrogen) atoms. The summed E-state index contributed by atoms with van der Waals surface area (Å²) >= 11 is 7.34. The first-order chi connectivity index (χ1) is 18.8. The van der Waals surface area contributed by atoms with Gasteiger partial charge in [-0.25, -0.2) is 4.79 Å². The first-order valence-electron chi connectivity index (χ1n) is 12.4. The molecule has 0 aliphatic rings. The summed E-state index contributed by atoms with van der Waals surface area (Å²) < 4.78 is 6.81. The third-order valence-electron chi connectivity index (χ3n) is 6.37. The Morgan fingerprint density at radius 1 is 0.897 bits per heavy atom. The van der Waals surface area contributed by atoms with Crippen LogP contribution in [-0.4, -0.2) is 23.0 Å². The van der Waals surface area contributed by atoms with Gasteiger partial charge >= 0.3 is 5.97 Å². The fourth-order valence-corrected chi connectivity index (χ4v) is 5.40. The zero-order valence-corrected chi connectivity index (χ0v) is 22.8. The van der Waals surface area contributed by atoms with Crippen LogP contribution >= 0.6 is 22.9 Å². The molecule has 0 saturated carbocycles. The number of carbonyl (C=O) groups is 2. The third kappa shape index (κ3) is 6.66. The molecule has 5 nitrogen and oxygen atoms in total. The molecule has 0 fully saturated rings. The van der Waals surface area contributed by atoms with Gasteiger partial charge in [-0.3, -0.25) is 4.79 Å². The van der Waals surface area contributed by atoms with Crippen LogP contribution < -0.4 is 10.1 Å². The third-order valence-corrected chi connectivity index (χ3v) is 7.74. The van der Waals surface area contributed by atoms with Gasteiger partial charge in [-0.15, -0.1) is 11.3 Å². The Morgan fingerprint density at radius 2 is 1.64 bits per heavy atom. The van der Waals surface area contributed by atoms with Crippen molar-refractivity contribution in [3.05, 3.63) is 124 Å². The second kappa shape index (κ2) is 11.7. The van der Waals surface area contributed by atoms with Gasteiger partial charge in [-0.1, -0.05) is 71.8 Å². The number of ether oxygens (including phenoxy) is 1. The molecule has 0 radical (unpaired) electrons. The van der Waals surface area contributed by atoms with E-state index in [4.69, 9.17) is 16.3 Å². The van der Waals surface area contributed by atoms with Gasteiger partial charge in [0.05, 0.1) is 4.88 Å². The molecule has 196 valence electrons. The summed E-state index contributed by atoms with van der Waals surface area (Å²) in [7, 11) is 0. The highest BCUT2D eigenvalue weighted by molar-refractivity contribution is 7.20. The Hall–Kier alpha value is -4.13. The van der Waals surface area contributed by atoms with Gasteiger partial charge in [-0.2, -0.15) is 0 Å². The Balaban J connectivity index is 1.23. The minimum Gasteiger partial charge on any atom is -0.489 e. The van der Waals surface area contributed by atoms with Gasteiger partial charge < -0.3 is 15.2 Å². The Kier molecular flexibility index (Phi) is 7.96. The second-order valence-corrected chi connectivity index (χ2v) is 10.9. The van der Waals surface area contributed by atoms with E-state index < -0.39 is 17.9 Å². The van der Waals surface area contributed by atoms with E-state index in [1.54, 1.807) is 6.07 Å². The summed E-state index contributed by atoms with van der Waals surface area (Å²) in [5.41, 5.74) is 5.07. The van der Waals surface area contributed by atoms with E-state index in [2.05, 4.69) is 11.4 Å². The van der Waals surface area contributed by atoms with E-state index in [1.165, 1.54) is 16.9 Å². The van der Waals surface area contributed by atoms with Crippen molar-refractivity contribution >= 4 is 44.9 Å². The smallest absolute Gasteiger partial charge is 0.326 e. The average molecular weight is 556 g/mol. The number of aryl methyl sites for hydroxylation is 1. The summed E-state index contributed by atoms with van der Waals surface area (Å²) in [6, 6.07) is 29.7. The quantitative estimate of drug-likeness (QED) is 0.197. The van der Waals surface area contributed by atoms with Crippen molar-refractivity contribution < 1.29 is 19.4 Å². The molecular weight excluding hydrogens is 530 g/mol. The molecule has 0 bridgehead atoms. The van der Waals surface area contributed by atoms with E-state index >= 15 is 0 Å². The van der Waals surface area contributed by atoms with E-state index in [0.717, 1.165) is 32.3 Å². The average Bonchev–Trinajstić information content (AvgIpc) is 3.36. The maximum atomic E-state index is 13.0. The van der Waals surface area contributed by atoms with Crippen LogP contribution in [0.3, 0.4) is 0 Å². The van der Waals surface area contributed by atoms with Crippen molar-refractivity contribution in [3.8, 4) is 16.9 Å². The predicted octanol–water partition coefficient (Wildman–Crippen LogP) is 7.53. The first kappa shape index (κ1) is 26.5. The molecule has 5 aromatic rings. The molecule has 0 unspecified atom stereocenters. The van der Waals surface area contributed by atoms with Crippen LogP contribution in [0.4, 0.5) is 0 Å². The number of halogens is 1. The molecule has 0 saturated heterocycles. The van der Waals surface area contributed by atoms with Crippen molar-refractivity contribution in [1.29, 1.82) is 0 Å². The predicted molar refractivity (Wildman–Crippen MR) is 157 cm³/mol. The number of thiophene rings is 1. The molecule has 5 rings (SSSR count). The van der Waals surface area contributed by atoms with Crippen molar-refractivity contribution in [2.24, 2.45) is 0 Å². The Labute approximate surface area is 235 Å². The van der Waals surface area contributed by atoms with Gasteiger partial charge in [0.25, 0.3) is 5.91 Å². The van der Waals surface area contributed by atoms with Gasteiger partial charge in [0.15, 0.2) is 0 Å². The zero-order valence-electron chi connectivity index (χ0n) is 21.2. The van der Waals surface area contributed by atoms with Gasteiger partial charge in [0.1, 0.15) is 18.4 Å². The summed E-state index contributed by atoms with van der Waals surface area (Å²) in [6.45, 7) is 2.49. The molecule has 0 aliphatic carbocycles. The number of aliphatic carboxylic acids is 1. The highest BCUT2D eigenvalue weighted by Crippen LogP contribution is 2.31. The molecule has 2 N–H and O–H groups in total. The summed E-state index contributed by atoms with van der Waals surface area (Å²) in [6.07, 6.45) is 0.158. The normalized spacial score (nSPS) is 11.7. The van der Waals surface area contributed by atoms with E-state index in [-0.39, 0.29) is 6.42 Å². The van der Waals surface area contributed by atoms with E-state index in [9.17, 15) is 14.7 Å². The van der Waals surface area contributed by atoms with Crippen molar-refractivity contribution in [2.45, 2.75) is 26.0 Å². The number of amides is 1. The van der Waals surface area contributed by atoms with Crippen LogP contribution in [-0.2, 0) is 17.8 Å². The SMILES string of the molecule is Cc1cccc(COc2ccc(C[C@H](NC(=O)c3cc4cc(-c5ccc(Cl)cc5)ccc4s3)C(=O)O)cc2)c1. The molecule has 1 atom stereocenters. The monoisotopic (exact) mass is 555 g/mol. The van der Waals surface area contributed by atoms with Crippen LogP contribution in [0.15, 0.2) is 97.1 Å². The minimum absolute atomic E-state index is 0.158. The molecular formula is C32H26ClNO4S. The summed E-state index contributed by atoms with van der Waals surface area (Å²) in [5.74, 6) is -0.802. The largest absolute Gasteiger partial charge is 0.489 e. The van der Waals surface area contributed by atoms with Crippen molar-refractivity contribution in [3.63, 3.8) is 0 Å². The van der Waals surface area contributed by atoms with Crippen LogP contribution in [0.2, 0.25) is 5.02 Å². The lowest BCUT2D eigenvalue weighted by Crippen LogP contribution is -2.42. The molecule has 1 heterocycles. The molecule has 0 aliphatic heterocycles. The van der Waals surface area contributed by atoms with E-state index in [1.807, 2.05) is 91.9 Å². The minimum atomic E-state index is -1.09. The number of hydrogen-bond acceptors (Lipinski definition) is 4. The van der Waals surface area contributed by atoms with Crippen LogP contribution in [0, 0.1) is 6.92 Å². The number of carbonyl (C=O) groups excluding carboxylic acids is 1. The zero-order chi connectivity index (χ0) is 27.4. The number of nitrogens with one attached hydrogen (secondary N) is 1. The fraction of sp³-hybridized carbons (Fsp3) is 0.125. The molecule has 1 aromatic heterocycles. The van der Waals surface area contributed by atoms with Gasteiger partial charge in [0, 0.05) is 16.1 Å². The van der Waals surface area contributed by atoms with Crippen LogP contribution in [0.25, 0.3) is 21.2 Å². The number of carboxylic acids is 1. The van der Waals surface area contributed by atoms with Crippen molar-refractivity contribution in [2.75, 3.05) is 0 Å². The van der Waals surface area contributed by atoms with Gasteiger partial charge in [0.2, 0.25) is 0 Å². The lowest BCUT2D eigenvalue weighted by Gasteiger charge is -2.14. The summed E-state index contributed by atoms with van der Waals surface area (Å²) in [5, 5.41) is 14.1. The lowest BCUT2D eigenvalue weighted by molar-refractivity contribution is -0.139. The maximum absolute atomic E-state index is 13.0. The first-order valence-corrected chi connectivity index (χ1v) is 13.6. The van der Waals surface area contributed by atoms with Crippen LogP contribution in [0.1, 0.15) is 26.4 Å². The number of rotatable bonds is 9. The Morgan fingerprint density at radius 3 is 2.36 bits per heavy atom. The van der Waals surface area contributed by atoms with Crippen LogP contribution in [0.5, 0.6) is 5.75 Å². The highest BCUT2D eigenvalue weighted by Gasteiger charge is 2.22. The molecule has 7 heteroatoms. The number of benzene rings is 4. The van der Waals surface area contributed by atoms with Crippen molar-refractivity contribution in [1.82, 2.24) is 5.32 Å². The van der Waals surface area contributed by atoms with E-state index in [0.29, 0.717) is 22.3 Å². The highest BCUT2D eigenvalue weighted by atomic mass is 35.5. The maximum Gasteiger partial charge on any atom is 0.326 e. The summed E-state index contributed by atoms with van der Waals surface area (Å²) in [4.78, 5) is 25.5.